The molecule has 1 aliphatic rings. The first-order valence-corrected chi connectivity index (χ1v) is 6.83. The summed E-state index contributed by atoms with van der Waals surface area (Å²) in [4.78, 5) is 0. The third-order valence-corrected chi connectivity index (χ3v) is 3.29. The zero-order chi connectivity index (χ0) is 11.8. The molecule has 0 spiro atoms. The minimum Gasteiger partial charge on any atom is -0.379 e. The van der Waals surface area contributed by atoms with Crippen molar-refractivity contribution in [3.05, 3.63) is 0 Å². The number of hydrogen-bond acceptors (Lipinski definition) is 3. The third kappa shape index (κ3) is 5.28. The van der Waals surface area contributed by atoms with E-state index in [9.17, 15) is 0 Å². The van der Waals surface area contributed by atoms with Gasteiger partial charge in [0.2, 0.25) is 0 Å². The molecular formula is C13H28N2O. The molecule has 1 fully saturated rings. The SMILES string of the molecule is CCCC(CC)NC(C)CC1COCCN1. The first-order chi connectivity index (χ1) is 7.76. The molecule has 3 atom stereocenters. The largest absolute Gasteiger partial charge is 0.379 e. The topological polar surface area (TPSA) is 33.3 Å². The maximum absolute atomic E-state index is 5.47. The van der Waals surface area contributed by atoms with E-state index in [1.807, 2.05) is 0 Å². The summed E-state index contributed by atoms with van der Waals surface area (Å²) in [7, 11) is 0. The summed E-state index contributed by atoms with van der Waals surface area (Å²) in [6.45, 7) is 9.55. The van der Waals surface area contributed by atoms with Gasteiger partial charge < -0.3 is 15.4 Å². The summed E-state index contributed by atoms with van der Waals surface area (Å²) >= 11 is 0. The smallest absolute Gasteiger partial charge is 0.0620 e. The fourth-order valence-corrected chi connectivity index (χ4v) is 2.42. The highest BCUT2D eigenvalue weighted by atomic mass is 16.5. The molecule has 1 rings (SSSR count). The number of hydrogen-bond donors (Lipinski definition) is 2. The van der Waals surface area contributed by atoms with Crippen LogP contribution in [0.3, 0.4) is 0 Å². The second-order valence-electron chi connectivity index (χ2n) is 4.92. The first-order valence-electron chi connectivity index (χ1n) is 6.83. The fraction of sp³-hybridized carbons (Fsp3) is 1.00. The van der Waals surface area contributed by atoms with Crippen molar-refractivity contribution in [1.82, 2.24) is 10.6 Å². The van der Waals surface area contributed by atoms with Crippen LogP contribution in [0.2, 0.25) is 0 Å². The molecule has 3 unspecified atom stereocenters. The van der Waals surface area contributed by atoms with E-state index in [-0.39, 0.29) is 0 Å². The van der Waals surface area contributed by atoms with Crippen LogP contribution in [-0.4, -0.2) is 37.9 Å². The average molecular weight is 228 g/mol. The molecule has 0 aromatic rings. The number of morpholine rings is 1. The zero-order valence-corrected chi connectivity index (χ0v) is 11.1. The average Bonchev–Trinajstić information content (AvgIpc) is 2.29. The molecule has 16 heavy (non-hydrogen) atoms. The van der Waals surface area contributed by atoms with Crippen molar-refractivity contribution >= 4 is 0 Å². The lowest BCUT2D eigenvalue weighted by molar-refractivity contribution is 0.0706. The quantitative estimate of drug-likeness (QED) is 0.698. The van der Waals surface area contributed by atoms with E-state index in [1.54, 1.807) is 0 Å². The van der Waals surface area contributed by atoms with Crippen LogP contribution in [0.15, 0.2) is 0 Å². The summed E-state index contributed by atoms with van der Waals surface area (Å²) < 4.78 is 5.47. The lowest BCUT2D eigenvalue weighted by Crippen LogP contribution is -2.46. The predicted molar refractivity (Wildman–Crippen MR) is 68.8 cm³/mol. The Hall–Kier alpha value is -0.120. The third-order valence-electron chi connectivity index (χ3n) is 3.29. The zero-order valence-electron chi connectivity index (χ0n) is 11.1. The molecule has 2 N–H and O–H groups in total. The molecule has 1 aliphatic heterocycles. The number of nitrogens with one attached hydrogen (secondary N) is 2. The molecule has 0 radical (unpaired) electrons. The van der Waals surface area contributed by atoms with Gasteiger partial charge in [0, 0.05) is 24.7 Å². The standard InChI is InChI=1S/C13H28N2O/c1-4-6-12(5-2)15-11(3)9-13-10-16-8-7-14-13/h11-15H,4-10H2,1-3H3. The van der Waals surface area contributed by atoms with Crippen LogP contribution < -0.4 is 10.6 Å². The van der Waals surface area contributed by atoms with Crippen LogP contribution in [0.25, 0.3) is 0 Å². The van der Waals surface area contributed by atoms with Crippen LogP contribution >= 0.6 is 0 Å². The van der Waals surface area contributed by atoms with Gasteiger partial charge in [0.05, 0.1) is 13.2 Å². The molecule has 0 aromatic heterocycles. The second-order valence-corrected chi connectivity index (χ2v) is 4.92. The van der Waals surface area contributed by atoms with E-state index in [0.717, 1.165) is 19.8 Å². The maximum Gasteiger partial charge on any atom is 0.0620 e. The van der Waals surface area contributed by atoms with E-state index < -0.39 is 0 Å². The summed E-state index contributed by atoms with van der Waals surface area (Å²) in [5.74, 6) is 0. The summed E-state index contributed by atoms with van der Waals surface area (Å²) in [5, 5.41) is 7.23. The van der Waals surface area contributed by atoms with Gasteiger partial charge in [-0.2, -0.15) is 0 Å². The molecule has 0 bridgehead atoms. The van der Waals surface area contributed by atoms with E-state index in [1.165, 1.54) is 25.7 Å². The fourth-order valence-electron chi connectivity index (χ4n) is 2.42. The van der Waals surface area contributed by atoms with Crippen LogP contribution in [0.5, 0.6) is 0 Å². The van der Waals surface area contributed by atoms with Gasteiger partial charge in [-0.05, 0) is 26.2 Å². The second kappa shape index (κ2) is 8.04. The van der Waals surface area contributed by atoms with Gasteiger partial charge in [-0.1, -0.05) is 20.3 Å². The minimum absolute atomic E-state index is 0.537. The van der Waals surface area contributed by atoms with Crippen LogP contribution in [0, 0.1) is 0 Å². The summed E-state index contributed by atoms with van der Waals surface area (Å²) in [5.41, 5.74) is 0. The number of ether oxygens (including phenoxy) is 1. The Bertz CT molecular complexity index is 163. The van der Waals surface area contributed by atoms with Crippen molar-refractivity contribution in [3.8, 4) is 0 Å². The highest BCUT2D eigenvalue weighted by Crippen LogP contribution is 2.07. The van der Waals surface area contributed by atoms with Crippen molar-refractivity contribution in [3.63, 3.8) is 0 Å². The molecule has 3 heteroatoms. The van der Waals surface area contributed by atoms with Gasteiger partial charge in [0.15, 0.2) is 0 Å². The molecule has 0 amide bonds. The Morgan fingerprint density at radius 1 is 1.44 bits per heavy atom. The Kier molecular flexibility index (Phi) is 7.01. The first kappa shape index (κ1) is 13.9. The molecule has 0 aliphatic carbocycles. The highest BCUT2D eigenvalue weighted by molar-refractivity contribution is 4.78. The maximum atomic E-state index is 5.47. The lowest BCUT2D eigenvalue weighted by Gasteiger charge is -2.29. The minimum atomic E-state index is 0.537. The van der Waals surface area contributed by atoms with Gasteiger partial charge >= 0.3 is 0 Å². The molecule has 0 aromatic carbocycles. The molecular weight excluding hydrogens is 200 g/mol. The van der Waals surface area contributed by atoms with Gasteiger partial charge in [-0.3, -0.25) is 0 Å². The monoisotopic (exact) mass is 228 g/mol. The van der Waals surface area contributed by atoms with Gasteiger partial charge in [-0.25, -0.2) is 0 Å². The van der Waals surface area contributed by atoms with E-state index in [4.69, 9.17) is 4.74 Å². The van der Waals surface area contributed by atoms with Crippen molar-refractivity contribution in [2.45, 2.75) is 64.6 Å². The normalized spacial score (nSPS) is 25.3. The molecule has 1 saturated heterocycles. The van der Waals surface area contributed by atoms with Crippen molar-refractivity contribution in [2.75, 3.05) is 19.8 Å². The molecule has 0 saturated carbocycles. The van der Waals surface area contributed by atoms with Crippen LogP contribution in [-0.2, 0) is 4.74 Å². The highest BCUT2D eigenvalue weighted by Gasteiger charge is 2.17. The Balaban J connectivity index is 2.19. The van der Waals surface area contributed by atoms with E-state index in [0.29, 0.717) is 18.1 Å². The molecule has 1 heterocycles. The van der Waals surface area contributed by atoms with Gasteiger partial charge in [0.1, 0.15) is 0 Å². The van der Waals surface area contributed by atoms with E-state index in [2.05, 4.69) is 31.4 Å². The van der Waals surface area contributed by atoms with E-state index >= 15 is 0 Å². The van der Waals surface area contributed by atoms with Crippen molar-refractivity contribution < 1.29 is 4.74 Å². The Morgan fingerprint density at radius 3 is 2.81 bits per heavy atom. The van der Waals surface area contributed by atoms with Crippen molar-refractivity contribution in [1.29, 1.82) is 0 Å². The molecule has 96 valence electrons. The molecule has 3 nitrogen and oxygen atoms in total. The van der Waals surface area contributed by atoms with Gasteiger partial charge in [0.25, 0.3) is 0 Å². The van der Waals surface area contributed by atoms with Crippen LogP contribution in [0.4, 0.5) is 0 Å². The Morgan fingerprint density at radius 2 is 2.25 bits per heavy atom. The van der Waals surface area contributed by atoms with Gasteiger partial charge in [-0.15, -0.1) is 0 Å². The summed E-state index contributed by atoms with van der Waals surface area (Å²) in [6.07, 6.45) is 4.95. The van der Waals surface area contributed by atoms with Crippen LogP contribution in [0.1, 0.15) is 46.5 Å². The Labute approximate surface area is 100 Å². The van der Waals surface area contributed by atoms with Crippen molar-refractivity contribution in [2.24, 2.45) is 0 Å². The summed E-state index contributed by atoms with van der Waals surface area (Å²) in [6, 6.07) is 1.80. The predicted octanol–water partition coefficient (Wildman–Crippen LogP) is 1.92. The number of rotatable bonds is 7. The lowest BCUT2D eigenvalue weighted by atomic mass is 10.0.